The normalized spacial score (nSPS) is 20.4. The molecule has 9 heteroatoms. The molecule has 2 aliphatic heterocycles. The minimum Gasteiger partial charge on any atom is -0.493 e. The minimum atomic E-state index is -3.73. The number of sulfonamides is 1. The SMILES string of the molecule is C=CC(=O)NC1CCN(S(=O)(=O)c2ccc(C(=O)NCCc3cccc4c3OCC4)cc2)C2(CCC2)C1. The number of ether oxygens (including phenoxy) is 1. The first-order chi connectivity index (χ1) is 17.8. The number of carbonyl (C=O) groups excluding carboxylic acids is 2. The van der Waals surface area contributed by atoms with Gasteiger partial charge in [-0.1, -0.05) is 24.8 Å². The largest absolute Gasteiger partial charge is 0.493 e. The van der Waals surface area contributed by atoms with Crippen molar-refractivity contribution in [3.05, 3.63) is 71.8 Å². The molecule has 2 heterocycles. The number of piperidine rings is 1. The molecule has 196 valence electrons. The van der Waals surface area contributed by atoms with Crippen molar-refractivity contribution in [2.24, 2.45) is 0 Å². The second kappa shape index (κ2) is 10.3. The maximum absolute atomic E-state index is 13.6. The van der Waals surface area contributed by atoms with Crippen LogP contribution in [0.5, 0.6) is 5.75 Å². The highest BCUT2D eigenvalue weighted by Gasteiger charge is 2.51. The van der Waals surface area contributed by atoms with Crippen LogP contribution in [0.4, 0.5) is 0 Å². The highest BCUT2D eigenvalue weighted by atomic mass is 32.2. The maximum atomic E-state index is 13.6. The fourth-order valence-electron chi connectivity index (χ4n) is 5.77. The van der Waals surface area contributed by atoms with Crippen LogP contribution in [-0.2, 0) is 27.7 Å². The van der Waals surface area contributed by atoms with E-state index in [0.29, 0.717) is 44.5 Å². The van der Waals surface area contributed by atoms with E-state index < -0.39 is 15.6 Å². The molecule has 1 saturated heterocycles. The first-order valence-electron chi connectivity index (χ1n) is 12.9. The van der Waals surface area contributed by atoms with Gasteiger partial charge in [-0.2, -0.15) is 4.31 Å². The van der Waals surface area contributed by atoms with Crippen LogP contribution in [0.3, 0.4) is 0 Å². The summed E-state index contributed by atoms with van der Waals surface area (Å²) in [5, 5.41) is 5.85. The molecule has 37 heavy (non-hydrogen) atoms. The second-order valence-electron chi connectivity index (χ2n) is 10.1. The van der Waals surface area contributed by atoms with E-state index >= 15 is 0 Å². The van der Waals surface area contributed by atoms with E-state index in [-0.39, 0.29) is 22.8 Å². The number of benzene rings is 2. The molecular weight excluding hydrogens is 490 g/mol. The number of nitrogens with zero attached hydrogens (tertiary/aromatic N) is 1. The topological polar surface area (TPSA) is 105 Å². The van der Waals surface area contributed by atoms with Gasteiger partial charge in [-0.25, -0.2) is 8.42 Å². The number of amides is 2. The summed E-state index contributed by atoms with van der Waals surface area (Å²) < 4.78 is 34.5. The fraction of sp³-hybridized carbons (Fsp3) is 0.429. The van der Waals surface area contributed by atoms with Gasteiger partial charge in [0.15, 0.2) is 0 Å². The molecule has 2 aromatic rings. The van der Waals surface area contributed by atoms with Gasteiger partial charge in [0, 0.05) is 36.7 Å². The second-order valence-corrected chi connectivity index (χ2v) is 12.0. The van der Waals surface area contributed by atoms with Crippen LogP contribution >= 0.6 is 0 Å². The van der Waals surface area contributed by atoms with Gasteiger partial charge in [0.25, 0.3) is 5.91 Å². The van der Waals surface area contributed by atoms with Gasteiger partial charge in [0.2, 0.25) is 15.9 Å². The molecule has 0 aromatic heterocycles. The van der Waals surface area contributed by atoms with E-state index in [9.17, 15) is 18.0 Å². The monoisotopic (exact) mass is 523 g/mol. The Morgan fingerprint density at radius 1 is 1.16 bits per heavy atom. The Morgan fingerprint density at radius 3 is 2.65 bits per heavy atom. The first-order valence-corrected chi connectivity index (χ1v) is 14.3. The number of rotatable bonds is 8. The molecule has 5 rings (SSSR count). The van der Waals surface area contributed by atoms with Crippen LogP contribution in [0.25, 0.3) is 0 Å². The van der Waals surface area contributed by atoms with Crippen LogP contribution in [0.2, 0.25) is 0 Å². The lowest BCUT2D eigenvalue weighted by Gasteiger charge is -2.54. The van der Waals surface area contributed by atoms with Crippen molar-refractivity contribution >= 4 is 21.8 Å². The average Bonchev–Trinajstić information content (AvgIpc) is 3.37. The zero-order valence-corrected chi connectivity index (χ0v) is 21.7. The molecule has 0 radical (unpaired) electrons. The smallest absolute Gasteiger partial charge is 0.251 e. The lowest BCUT2D eigenvalue weighted by Crippen LogP contribution is -2.63. The Hall–Kier alpha value is -3.17. The van der Waals surface area contributed by atoms with Gasteiger partial charge < -0.3 is 15.4 Å². The molecule has 0 bridgehead atoms. The van der Waals surface area contributed by atoms with Gasteiger partial charge in [-0.3, -0.25) is 9.59 Å². The molecule has 1 spiro atoms. The zero-order valence-electron chi connectivity index (χ0n) is 20.9. The molecule has 1 unspecified atom stereocenters. The Bertz CT molecular complexity index is 1300. The predicted octanol–water partition coefficient (Wildman–Crippen LogP) is 2.97. The molecule has 1 aliphatic carbocycles. The Morgan fingerprint density at radius 2 is 1.95 bits per heavy atom. The molecule has 2 aromatic carbocycles. The molecule has 1 atom stereocenters. The molecular formula is C28H33N3O5S. The number of nitrogens with one attached hydrogen (secondary N) is 2. The lowest BCUT2D eigenvalue weighted by atomic mass is 9.70. The summed E-state index contributed by atoms with van der Waals surface area (Å²) in [6.45, 7) is 5.00. The van der Waals surface area contributed by atoms with E-state index in [1.54, 1.807) is 16.4 Å². The lowest BCUT2D eigenvalue weighted by molar-refractivity contribution is -0.117. The highest BCUT2D eigenvalue weighted by Crippen LogP contribution is 2.47. The van der Waals surface area contributed by atoms with E-state index in [2.05, 4.69) is 23.3 Å². The molecule has 2 fully saturated rings. The van der Waals surface area contributed by atoms with Crippen molar-refractivity contribution in [3.8, 4) is 5.75 Å². The Kier molecular flexibility index (Phi) is 7.09. The van der Waals surface area contributed by atoms with Gasteiger partial charge in [-0.05, 0) is 80.0 Å². The van der Waals surface area contributed by atoms with E-state index in [1.807, 2.05) is 12.1 Å². The Balaban J connectivity index is 1.22. The van der Waals surface area contributed by atoms with E-state index in [1.165, 1.54) is 23.8 Å². The van der Waals surface area contributed by atoms with Crippen LogP contribution in [-0.4, -0.2) is 55.8 Å². The number of carbonyl (C=O) groups is 2. The van der Waals surface area contributed by atoms with Gasteiger partial charge in [-0.15, -0.1) is 0 Å². The summed E-state index contributed by atoms with van der Waals surface area (Å²) in [7, 11) is -3.73. The quantitative estimate of drug-likeness (QED) is 0.518. The minimum absolute atomic E-state index is 0.0631. The average molecular weight is 524 g/mol. The summed E-state index contributed by atoms with van der Waals surface area (Å²) in [6, 6.07) is 12.2. The van der Waals surface area contributed by atoms with Crippen LogP contribution in [0.15, 0.2) is 60.0 Å². The zero-order chi connectivity index (χ0) is 26.0. The summed E-state index contributed by atoms with van der Waals surface area (Å²) in [6.07, 6.45) is 6.49. The molecule has 3 aliphatic rings. The molecule has 2 amide bonds. The van der Waals surface area contributed by atoms with Crippen molar-refractivity contribution in [3.63, 3.8) is 0 Å². The van der Waals surface area contributed by atoms with Crippen LogP contribution in [0.1, 0.15) is 53.6 Å². The number of hydrogen-bond acceptors (Lipinski definition) is 5. The molecule has 1 saturated carbocycles. The van der Waals surface area contributed by atoms with Gasteiger partial charge in [0.05, 0.1) is 11.5 Å². The van der Waals surface area contributed by atoms with Crippen molar-refractivity contribution in [2.45, 2.75) is 61.4 Å². The number of fused-ring (bicyclic) bond motifs is 1. The summed E-state index contributed by atoms with van der Waals surface area (Å²) in [5.74, 6) is 0.458. The van der Waals surface area contributed by atoms with Gasteiger partial charge >= 0.3 is 0 Å². The van der Waals surface area contributed by atoms with Crippen molar-refractivity contribution in [1.29, 1.82) is 0 Å². The van der Waals surface area contributed by atoms with E-state index in [0.717, 1.165) is 37.0 Å². The van der Waals surface area contributed by atoms with Crippen molar-refractivity contribution in [2.75, 3.05) is 19.7 Å². The van der Waals surface area contributed by atoms with Gasteiger partial charge in [0.1, 0.15) is 5.75 Å². The third-order valence-electron chi connectivity index (χ3n) is 7.83. The first kappa shape index (κ1) is 25.5. The van der Waals surface area contributed by atoms with Crippen molar-refractivity contribution in [1.82, 2.24) is 14.9 Å². The third-order valence-corrected chi connectivity index (χ3v) is 9.85. The van der Waals surface area contributed by atoms with Crippen LogP contribution in [0, 0.1) is 0 Å². The van der Waals surface area contributed by atoms with Crippen LogP contribution < -0.4 is 15.4 Å². The standard InChI is InChI=1S/C28H33N3O5S/c1-2-25(32)30-23-12-17-31(28(19-23)14-4-15-28)37(34,35)24-9-7-22(8-10-24)27(33)29-16-11-20-5-3-6-21-13-18-36-26(20)21/h2-3,5-10,23H,1,4,11-19H2,(H,29,33)(H,30,32). The number of para-hydroxylation sites is 1. The molecule has 2 N–H and O–H groups in total. The fourth-order valence-corrected chi connectivity index (χ4v) is 7.62. The molecule has 8 nitrogen and oxygen atoms in total. The number of hydrogen-bond donors (Lipinski definition) is 2. The summed E-state index contributed by atoms with van der Waals surface area (Å²) in [5.41, 5.74) is 2.23. The summed E-state index contributed by atoms with van der Waals surface area (Å²) in [4.78, 5) is 24.6. The predicted molar refractivity (Wildman–Crippen MR) is 140 cm³/mol. The highest BCUT2D eigenvalue weighted by molar-refractivity contribution is 7.89. The maximum Gasteiger partial charge on any atom is 0.251 e. The van der Waals surface area contributed by atoms with E-state index in [4.69, 9.17) is 4.74 Å². The third kappa shape index (κ3) is 5.02. The Labute approximate surface area is 218 Å². The van der Waals surface area contributed by atoms with Crippen molar-refractivity contribution < 1.29 is 22.7 Å². The summed E-state index contributed by atoms with van der Waals surface area (Å²) >= 11 is 0.